The number of benzene rings is 2. The fraction of sp³-hybridized carbons (Fsp3) is 0.118. The number of para-hydroxylation sites is 2. The van der Waals surface area contributed by atoms with Crippen molar-refractivity contribution in [2.75, 3.05) is 0 Å². The molecule has 0 aliphatic rings. The van der Waals surface area contributed by atoms with Crippen molar-refractivity contribution in [2.45, 2.75) is 17.9 Å². The molecule has 2 aromatic heterocycles. The lowest BCUT2D eigenvalue weighted by atomic mass is 10.1. The van der Waals surface area contributed by atoms with Crippen molar-refractivity contribution in [2.24, 2.45) is 0 Å². The summed E-state index contributed by atoms with van der Waals surface area (Å²) in [6, 6.07) is 15.7. The second-order valence-electron chi connectivity index (χ2n) is 5.10. The van der Waals surface area contributed by atoms with E-state index in [4.69, 9.17) is 8.83 Å². The van der Waals surface area contributed by atoms with E-state index in [0.717, 1.165) is 16.7 Å². The molecule has 4 rings (SSSR count). The highest BCUT2D eigenvalue weighted by molar-refractivity contribution is 7.98. The number of aromatic nitrogens is 3. The average molecular weight is 323 g/mol. The Morgan fingerprint density at radius 2 is 1.78 bits per heavy atom. The molecule has 0 saturated heterocycles. The summed E-state index contributed by atoms with van der Waals surface area (Å²) in [6.45, 7) is 2.04. The first kappa shape index (κ1) is 14.0. The summed E-state index contributed by atoms with van der Waals surface area (Å²) in [5, 5.41) is 8.77. The maximum absolute atomic E-state index is 5.69. The monoisotopic (exact) mass is 323 g/mol. The van der Waals surface area contributed by atoms with Crippen molar-refractivity contribution in [3.63, 3.8) is 0 Å². The third kappa shape index (κ3) is 2.98. The van der Waals surface area contributed by atoms with Crippen LogP contribution in [0.25, 0.3) is 22.6 Å². The molecule has 0 fully saturated rings. The summed E-state index contributed by atoms with van der Waals surface area (Å²) >= 11 is 1.44. The third-order valence-corrected chi connectivity index (χ3v) is 4.17. The van der Waals surface area contributed by atoms with E-state index in [-0.39, 0.29) is 0 Å². The molecule has 0 saturated carbocycles. The molecule has 2 heterocycles. The first-order chi connectivity index (χ1) is 11.3. The summed E-state index contributed by atoms with van der Waals surface area (Å²) < 4.78 is 11.3. The topological polar surface area (TPSA) is 65.0 Å². The summed E-state index contributed by atoms with van der Waals surface area (Å²) in [4.78, 5) is 4.41. The van der Waals surface area contributed by atoms with E-state index in [1.807, 2.05) is 55.5 Å². The van der Waals surface area contributed by atoms with Crippen LogP contribution in [0.2, 0.25) is 0 Å². The van der Waals surface area contributed by atoms with Gasteiger partial charge in [-0.2, -0.15) is 0 Å². The van der Waals surface area contributed by atoms with Crippen LogP contribution in [0.4, 0.5) is 0 Å². The highest BCUT2D eigenvalue weighted by atomic mass is 32.2. The molecule has 6 heteroatoms. The van der Waals surface area contributed by atoms with Crippen LogP contribution < -0.4 is 0 Å². The number of rotatable bonds is 4. The minimum Gasteiger partial charge on any atom is -0.431 e. The van der Waals surface area contributed by atoms with Gasteiger partial charge >= 0.3 is 0 Å². The van der Waals surface area contributed by atoms with Crippen LogP contribution in [0.5, 0.6) is 0 Å². The molecule has 0 N–H and O–H groups in total. The summed E-state index contributed by atoms with van der Waals surface area (Å²) in [5.41, 5.74) is 3.74. The predicted octanol–water partition coefficient (Wildman–Crippen LogP) is 4.48. The van der Waals surface area contributed by atoms with Crippen LogP contribution in [0.15, 0.2) is 62.6 Å². The minimum atomic E-state index is 0.520. The number of hydrogen-bond acceptors (Lipinski definition) is 6. The van der Waals surface area contributed by atoms with Gasteiger partial charge in [0.15, 0.2) is 5.58 Å². The van der Waals surface area contributed by atoms with E-state index in [2.05, 4.69) is 15.2 Å². The number of fused-ring (bicyclic) bond motifs is 1. The van der Waals surface area contributed by atoms with Gasteiger partial charge in [0, 0.05) is 5.56 Å². The fourth-order valence-electron chi connectivity index (χ4n) is 2.16. The molecule has 5 nitrogen and oxygen atoms in total. The molecular weight excluding hydrogens is 310 g/mol. The zero-order valence-electron chi connectivity index (χ0n) is 12.4. The van der Waals surface area contributed by atoms with Crippen LogP contribution in [-0.4, -0.2) is 15.2 Å². The van der Waals surface area contributed by atoms with Gasteiger partial charge in [-0.25, -0.2) is 4.98 Å². The molecule has 0 bridgehead atoms. The maximum Gasteiger partial charge on any atom is 0.257 e. The first-order valence-electron chi connectivity index (χ1n) is 7.16. The molecule has 0 atom stereocenters. The summed E-state index contributed by atoms with van der Waals surface area (Å²) in [5.74, 6) is 1.59. The Bertz CT molecular complexity index is 911. The van der Waals surface area contributed by atoms with Gasteiger partial charge in [-0.15, -0.1) is 10.2 Å². The van der Waals surface area contributed by atoms with Crippen molar-refractivity contribution < 1.29 is 8.83 Å². The Morgan fingerprint density at radius 1 is 0.957 bits per heavy atom. The minimum absolute atomic E-state index is 0.520. The molecule has 0 aliphatic heterocycles. The van der Waals surface area contributed by atoms with Gasteiger partial charge in [-0.3, -0.25) is 0 Å². The Morgan fingerprint density at radius 3 is 2.61 bits per heavy atom. The van der Waals surface area contributed by atoms with Crippen LogP contribution in [-0.2, 0) is 5.75 Å². The molecule has 0 unspecified atom stereocenters. The largest absolute Gasteiger partial charge is 0.431 e. The summed E-state index contributed by atoms with van der Waals surface area (Å²) in [7, 11) is 0. The van der Waals surface area contributed by atoms with Gasteiger partial charge in [0.25, 0.3) is 5.22 Å². The van der Waals surface area contributed by atoms with Crippen LogP contribution in [0.3, 0.4) is 0 Å². The Labute approximate surface area is 136 Å². The number of oxazole rings is 1. The lowest BCUT2D eigenvalue weighted by molar-refractivity contribution is 0.486. The van der Waals surface area contributed by atoms with Crippen LogP contribution >= 0.6 is 11.8 Å². The smallest absolute Gasteiger partial charge is 0.257 e. The number of aryl methyl sites for hydroxylation is 1. The maximum atomic E-state index is 5.69. The quantitative estimate of drug-likeness (QED) is 0.516. The Balaban J connectivity index is 1.48. The van der Waals surface area contributed by atoms with Crippen molar-refractivity contribution in [1.29, 1.82) is 0 Å². The first-order valence-corrected chi connectivity index (χ1v) is 8.14. The number of nitrogens with zero attached hydrogens (tertiary/aromatic N) is 3. The third-order valence-electron chi connectivity index (χ3n) is 3.36. The average Bonchev–Trinajstić information content (AvgIpc) is 3.20. The van der Waals surface area contributed by atoms with E-state index in [9.17, 15) is 0 Å². The number of hydrogen-bond donors (Lipinski definition) is 0. The second kappa shape index (κ2) is 5.89. The Kier molecular flexibility index (Phi) is 3.59. The highest BCUT2D eigenvalue weighted by Gasteiger charge is 2.11. The van der Waals surface area contributed by atoms with Crippen molar-refractivity contribution in [3.05, 3.63) is 60.0 Å². The normalized spacial score (nSPS) is 11.2. The van der Waals surface area contributed by atoms with Crippen LogP contribution in [0.1, 0.15) is 11.5 Å². The molecule has 0 aliphatic carbocycles. The lowest BCUT2D eigenvalue weighted by Crippen LogP contribution is -1.80. The molecule has 114 valence electrons. The lowest BCUT2D eigenvalue weighted by Gasteiger charge is -1.95. The van der Waals surface area contributed by atoms with Crippen molar-refractivity contribution >= 4 is 22.9 Å². The van der Waals surface area contributed by atoms with E-state index in [1.165, 1.54) is 17.3 Å². The van der Waals surface area contributed by atoms with Gasteiger partial charge in [-0.1, -0.05) is 41.6 Å². The zero-order valence-corrected chi connectivity index (χ0v) is 13.2. The standard InChI is InChI=1S/C17H13N3O2S/c1-11-6-8-12(9-7-11)16-20-19-15(22-16)10-23-17-18-13-4-2-3-5-14(13)21-17/h2-9H,10H2,1H3. The van der Waals surface area contributed by atoms with Gasteiger partial charge in [0.2, 0.25) is 11.8 Å². The van der Waals surface area contributed by atoms with Gasteiger partial charge in [-0.05, 0) is 31.2 Å². The van der Waals surface area contributed by atoms with E-state index in [1.54, 1.807) is 0 Å². The van der Waals surface area contributed by atoms with E-state index in [0.29, 0.717) is 22.8 Å². The van der Waals surface area contributed by atoms with Crippen molar-refractivity contribution in [1.82, 2.24) is 15.2 Å². The van der Waals surface area contributed by atoms with Gasteiger partial charge < -0.3 is 8.83 Å². The Hall–Kier alpha value is -2.60. The molecule has 2 aromatic carbocycles. The van der Waals surface area contributed by atoms with Gasteiger partial charge in [0.1, 0.15) is 5.52 Å². The predicted molar refractivity (Wildman–Crippen MR) is 88.0 cm³/mol. The molecule has 0 amide bonds. The highest BCUT2D eigenvalue weighted by Crippen LogP contribution is 2.27. The zero-order chi connectivity index (χ0) is 15.6. The molecular formula is C17H13N3O2S. The van der Waals surface area contributed by atoms with Crippen molar-refractivity contribution in [3.8, 4) is 11.5 Å². The molecule has 4 aromatic rings. The van der Waals surface area contributed by atoms with E-state index < -0.39 is 0 Å². The van der Waals surface area contributed by atoms with E-state index >= 15 is 0 Å². The fourth-order valence-corrected chi connectivity index (χ4v) is 2.84. The molecule has 0 radical (unpaired) electrons. The molecule has 0 spiro atoms. The molecule has 23 heavy (non-hydrogen) atoms. The van der Waals surface area contributed by atoms with Crippen LogP contribution in [0, 0.1) is 6.92 Å². The summed E-state index contributed by atoms with van der Waals surface area (Å²) in [6.07, 6.45) is 0. The van der Waals surface area contributed by atoms with Gasteiger partial charge in [0.05, 0.1) is 5.75 Å². The SMILES string of the molecule is Cc1ccc(-c2nnc(CSc3nc4ccccc4o3)o2)cc1. The second-order valence-corrected chi connectivity index (χ2v) is 6.03. The number of thioether (sulfide) groups is 1.